The van der Waals surface area contributed by atoms with Gasteiger partial charge in [0.1, 0.15) is 0 Å². The van der Waals surface area contributed by atoms with Crippen molar-refractivity contribution in [2.24, 2.45) is 0 Å². The molecule has 0 aliphatic heterocycles. The smallest absolute Gasteiger partial charge is 0.292 e. The van der Waals surface area contributed by atoms with Gasteiger partial charge in [0.05, 0.1) is 0 Å². The fourth-order valence-electron chi connectivity index (χ4n) is 4.16. The molecule has 0 rings (SSSR count). The third kappa shape index (κ3) is 8.85. The molecule has 0 aromatic heterocycles. The van der Waals surface area contributed by atoms with Crippen LogP contribution in [0.5, 0.6) is 0 Å². The summed E-state index contributed by atoms with van der Waals surface area (Å²) in [6, 6.07) is 0. The molecule has 0 unspecified atom stereocenters. The van der Waals surface area contributed by atoms with Gasteiger partial charge in [0.2, 0.25) is 0 Å². The molecule has 0 heterocycles. The molecule has 0 aliphatic rings. The fourth-order valence-corrected chi connectivity index (χ4v) is 10.3. The third-order valence-electron chi connectivity index (χ3n) is 6.93. The first-order valence-electron chi connectivity index (χ1n) is 12.0. The molecule has 0 saturated heterocycles. The van der Waals surface area contributed by atoms with Gasteiger partial charge in [0, 0.05) is 12.8 Å². The van der Waals surface area contributed by atoms with Crippen molar-refractivity contribution in [1.29, 1.82) is 0 Å². The summed E-state index contributed by atoms with van der Waals surface area (Å²) < 4.78 is 12.0. The van der Waals surface area contributed by atoms with E-state index >= 15 is 0 Å². The largest absolute Gasteiger partial charge is 0.519 e. The normalized spacial score (nSPS) is 13.3. The highest BCUT2D eigenvalue weighted by Gasteiger charge is 2.48. The maximum atomic E-state index is 12.5. The molecule has 0 radical (unpaired) electrons. The predicted molar refractivity (Wildman–Crippen MR) is 133 cm³/mol. The number of rotatable bonds is 13. The zero-order valence-corrected chi connectivity index (χ0v) is 23.8. The molecule has 0 amide bonds. The van der Waals surface area contributed by atoms with Crippen LogP contribution in [0.1, 0.15) is 107 Å². The monoisotopic (exact) mass is 458 g/mol. The average molecular weight is 459 g/mol. The molecule has 0 spiro atoms. The summed E-state index contributed by atoms with van der Waals surface area (Å²) in [6.07, 6.45) is 5.79. The van der Waals surface area contributed by atoms with Gasteiger partial charge < -0.3 is 8.85 Å². The molecule has 4 nitrogen and oxygen atoms in total. The molecule has 0 fully saturated rings. The average Bonchev–Trinajstić information content (AvgIpc) is 2.56. The van der Waals surface area contributed by atoms with Gasteiger partial charge in [-0.2, -0.15) is 0 Å². The summed E-state index contributed by atoms with van der Waals surface area (Å²) in [4.78, 5) is 24.7. The van der Waals surface area contributed by atoms with Gasteiger partial charge in [-0.25, -0.2) is 0 Å². The molecule has 0 saturated carbocycles. The Labute approximate surface area is 189 Å². The minimum Gasteiger partial charge on any atom is -0.519 e. The summed E-state index contributed by atoms with van der Waals surface area (Å²) in [5.41, 5.74) is 1.27. The standard InChI is InChI=1S/C24H50O4Si2/c1-19(2)30(20(3)4,21(5)6)28-23(26)18-16-14-12-13-15-17-22(25)27-29(10,11)24(7,8)9/h19-21H,12-18H2,1-11H3. The number of carbonyl (C=O) groups is 2. The van der Waals surface area contributed by atoms with Crippen LogP contribution in [0.4, 0.5) is 0 Å². The van der Waals surface area contributed by atoms with Crippen LogP contribution in [0.25, 0.3) is 0 Å². The van der Waals surface area contributed by atoms with Crippen LogP contribution in [0.3, 0.4) is 0 Å². The summed E-state index contributed by atoms with van der Waals surface area (Å²) in [7, 11) is -4.12. The second kappa shape index (κ2) is 12.4. The van der Waals surface area contributed by atoms with Crippen molar-refractivity contribution in [2.75, 3.05) is 0 Å². The Bertz CT molecular complexity index is 512. The highest BCUT2D eigenvalue weighted by Crippen LogP contribution is 2.42. The summed E-state index contributed by atoms with van der Waals surface area (Å²) in [5.74, 6) is -0.0711. The lowest BCUT2D eigenvalue weighted by molar-refractivity contribution is -0.136. The van der Waals surface area contributed by atoms with Crippen molar-refractivity contribution in [1.82, 2.24) is 0 Å². The van der Waals surface area contributed by atoms with Gasteiger partial charge >= 0.3 is 0 Å². The predicted octanol–water partition coefficient (Wildman–Crippen LogP) is 7.98. The fraction of sp³-hybridized carbons (Fsp3) is 0.917. The summed E-state index contributed by atoms with van der Waals surface area (Å²) in [5, 5.41) is 0.0540. The molecule has 178 valence electrons. The van der Waals surface area contributed by atoms with E-state index in [0.717, 1.165) is 32.1 Å². The lowest BCUT2D eigenvalue weighted by atomic mass is 10.1. The van der Waals surface area contributed by atoms with E-state index in [4.69, 9.17) is 8.85 Å². The first kappa shape index (κ1) is 29.4. The maximum Gasteiger partial charge on any atom is 0.292 e. The molecule has 0 aromatic rings. The Balaban J connectivity index is 4.20. The van der Waals surface area contributed by atoms with E-state index in [1.807, 2.05) is 0 Å². The minimum absolute atomic E-state index is 0.0179. The highest BCUT2D eigenvalue weighted by molar-refractivity contribution is 6.79. The first-order valence-corrected chi connectivity index (χ1v) is 17.1. The number of carbonyl (C=O) groups excluding carboxylic acids is 2. The molecule has 0 aliphatic carbocycles. The van der Waals surface area contributed by atoms with E-state index in [9.17, 15) is 9.59 Å². The highest BCUT2D eigenvalue weighted by atomic mass is 28.4. The molecular weight excluding hydrogens is 408 g/mol. The van der Waals surface area contributed by atoms with E-state index in [1.165, 1.54) is 0 Å². The van der Waals surface area contributed by atoms with Crippen LogP contribution >= 0.6 is 0 Å². The van der Waals surface area contributed by atoms with E-state index in [-0.39, 0.29) is 17.0 Å². The van der Waals surface area contributed by atoms with Gasteiger partial charge in [-0.15, -0.1) is 0 Å². The van der Waals surface area contributed by atoms with Gasteiger partial charge in [0.15, 0.2) is 0 Å². The van der Waals surface area contributed by atoms with Crippen molar-refractivity contribution in [3.63, 3.8) is 0 Å². The Hall–Kier alpha value is -0.626. The molecule has 0 bridgehead atoms. The summed E-state index contributed by atoms with van der Waals surface area (Å²) >= 11 is 0. The van der Waals surface area contributed by atoms with Crippen molar-refractivity contribution in [3.8, 4) is 0 Å². The van der Waals surface area contributed by atoms with E-state index in [2.05, 4.69) is 75.4 Å². The zero-order chi connectivity index (χ0) is 23.8. The first-order chi connectivity index (χ1) is 13.6. The Morgan fingerprint density at radius 1 is 0.667 bits per heavy atom. The molecule has 0 aromatic carbocycles. The lowest BCUT2D eigenvalue weighted by Gasteiger charge is -2.41. The van der Waals surface area contributed by atoms with Crippen molar-refractivity contribution in [2.45, 2.75) is 142 Å². The van der Waals surface area contributed by atoms with Crippen LogP contribution in [0.15, 0.2) is 0 Å². The summed E-state index contributed by atoms with van der Waals surface area (Å²) in [6.45, 7) is 23.9. The van der Waals surface area contributed by atoms with Crippen LogP contribution < -0.4 is 0 Å². The SMILES string of the molecule is CC(C)[Si](OC(=O)CCCCCCCC(=O)O[Si](C)(C)C(C)(C)C)(C(C)C)C(C)C. The van der Waals surface area contributed by atoms with Gasteiger partial charge in [-0.1, -0.05) is 81.6 Å². The number of unbranched alkanes of at least 4 members (excludes halogenated alkanes) is 4. The molecule has 6 heteroatoms. The molecular formula is C24H50O4Si2. The molecule has 0 atom stereocenters. The van der Waals surface area contributed by atoms with Crippen molar-refractivity contribution >= 4 is 28.6 Å². The lowest BCUT2D eigenvalue weighted by Crippen LogP contribution is -2.49. The Morgan fingerprint density at radius 2 is 1.00 bits per heavy atom. The van der Waals surface area contributed by atoms with Crippen LogP contribution in [-0.2, 0) is 18.4 Å². The van der Waals surface area contributed by atoms with Crippen LogP contribution in [0.2, 0.25) is 34.8 Å². The van der Waals surface area contributed by atoms with Crippen LogP contribution in [-0.4, -0.2) is 28.6 Å². The van der Waals surface area contributed by atoms with E-state index in [1.54, 1.807) is 0 Å². The second-order valence-electron chi connectivity index (χ2n) is 11.3. The maximum absolute atomic E-state index is 12.5. The molecule has 0 N–H and O–H groups in total. The Kier molecular flexibility index (Phi) is 12.2. The van der Waals surface area contributed by atoms with Crippen LogP contribution in [0, 0.1) is 0 Å². The van der Waals surface area contributed by atoms with Crippen molar-refractivity contribution in [3.05, 3.63) is 0 Å². The topological polar surface area (TPSA) is 52.6 Å². The number of hydrogen-bond donors (Lipinski definition) is 0. The van der Waals surface area contributed by atoms with E-state index < -0.39 is 16.6 Å². The zero-order valence-electron chi connectivity index (χ0n) is 21.8. The van der Waals surface area contributed by atoms with Crippen molar-refractivity contribution < 1.29 is 18.4 Å². The third-order valence-corrected chi connectivity index (χ3v) is 17.3. The van der Waals surface area contributed by atoms with Gasteiger partial charge in [-0.3, -0.25) is 9.59 Å². The Morgan fingerprint density at radius 3 is 1.33 bits per heavy atom. The second-order valence-corrected chi connectivity index (χ2v) is 21.4. The quantitative estimate of drug-likeness (QED) is 0.207. The molecule has 30 heavy (non-hydrogen) atoms. The number of hydrogen-bond acceptors (Lipinski definition) is 4. The minimum atomic E-state index is -2.12. The van der Waals surface area contributed by atoms with E-state index in [0.29, 0.717) is 29.5 Å². The van der Waals surface area contributed by atoms with Gasteiger partial charge in [-0.05, 0) is 47.6 Å². The van der Waals surface area contributed by atoms with Gasteiger partial charge in [0.25, 0.3) is 28.6 Å².